The fourth-order valence-electron chi connectivity index (χ4n) is 2.51. The number of amides is 2. The fraction of sp³-hybridized carbons (Fsp3) is 0.857. The third kappa shape index (κ3) is 5.49. The molecule has 5 heteroatoms. The largest absolute Gasteiger partial charge is 0.481 e. The highest BCUT2D eigenvalue weighted by molar-refractivity contribution is 5.77. The van der Waals surface area contributed by atoms with E-state index in [1.54, 1.807) is 0 Å². The lowest BCUT2D eigenvalue weighted by Gasteiger charge is -2.41. The zero-order valence-electron chi connectivity index (χ0n) is 12.0. The number of rotatable bonds is 8. The maximum atomic E-state index is 11.9. The Hall–Kier alpha value is -1.26. The molecule has 0 aromatic carbocycles. The first-order valence-corrected chi connectivity index (χ1v) is 7.28. The Labute approximate surface area is 115 Å². The van der Waals surface area contributed by atoms with Crippen LogP contribution >= 0.6 is 0 Å². The topological polar surface area (TPSA) is 78.4 Å². The molecule has 0 aromatic heterocycles. The van der Waals surface area contributed by atoms with Gasteiger partial charge < -0.3 is 15.7 Å². The van der Waals surface area contributed by atoms with Crippen LogP contribution in [0.1, 0.15) is 65.2 Å². The van der Waals surface area contributed by atoms with E-state index in [2.05, 4.69) is 17.6 Å². The van der Waals surface area contributed by atoms with Crippen LogP contribution in [0, 0.1) is 0 Å². The van der Waals surface area contributed by atoms with Gasteiger partial charge >= 0.3 is 12.0 Å². The molecule has 5 nitrogen and oxygen atoms in total. The summed E-state index contributed by atoms with van der Waals surface area (Å²) in [6.07, 6.45) is 6.95. The van der Waals surface area contributed by atoms with Crippen molar-refractivity contribution < 1.29 is 14.7 Å². The average Bonchev–Trinajstić information content (AvgIpc) is 2.25. The van der Waals surface area contributed by atoms with Gasteiger partial charge in [0.15, 0.2) is 0 Å². The number of urea groups is 1. The van der Waals surface area contributed by atoms with Crippen molar-refractivity contribution in [3.8, 4) is 0 Å². The number of carboxylic acid groups (broad SMARTS) is 1. The highest BCUT2D eigenvalue weighted by Gasteiger charge is 2.40. The van der Waals surface area contributed by atoms with Crippen LogP contribution in [0.15, 0.2) is 0 Å². The number of carboxylic acids is 1. The lowest BCUT2D eigenvalue weighted by atomic mass is 9.74. The molecule has 1 saturated carbocycles. The average molecular weight is 270 g/mol. The van der Waals surface area contributed by atoms with E-state index in [9.17, 15) is 9.59 Å². The first-order chi connectivity index (χ1) is 8.97. The van der Waals surface area contributed by atoms with Crippen LogP contribution in [-0.4, -0.2) is 28.7 Å². The normalized spacial score (nSPS) is 18.2. The van der Waals surface area contributed by atoms with Crippen LogP contribution in [-0.2, 0) is 4.79 Å². The summed E-state index contributed by atoms with van der Waals surface area (Å²) in [7, 11) is 0. The van der Waals surface area contributed by atoms with Crippen molar-refractivity contribution in [2.75, 3.05) is 0 Å². The van der Waals surface area contributed by atoms with E-state index in [0.29, 0.717) is 0 Å². The van der Waals surface area contributed by atoms with Crippen molar-refractivity contribution in [2.45, 2.75) is 76.8 Å². The Morgan fingerprint density at radius 3 is 2.47 bits per heavy atom. The van der Waals surface area contributed by atoms with Gasteiger partial charge in [0.05, 0.1) is 12.0 Å². The lowest BCUT2D eigenvalue weighted by Crippen LogP contribution is -2.58. The molecule has 0 heterocycles. The molecule has 1 unspecified atom stereocenters. The summed E-state index contributed by atoms with van der Waals surface area (Å²) in [6.45, 7) is 4.14. The van der Waals surface area contributed by atoms with Crippen LogP contribution in [0.25, 0.3) is 0 Å². The third-order valence-electron chi connectivity index (χ3n) is 3.80. The third-order valence-corrected chi connectivity index (χ3v) is 3.80. The Morgan fingerprint density at radius 2 is 2.00 bits per heavy atom. The molecule has 1 fully saturated rings. The molecule has 0 saturated heterocycles. The van der Waals surface area contributed by atoms with Crippen molar-refractivity contribution in [1.29, 1.82) is 0 Å². The maximum Gasteiger partial charge on any atom is 0.315 e. The summed E-state index contributed by atoms with van der Waals surface area (Å²) in [6, 6.07) is -0.0987. The van der Waals surface area contributed by atoms with E-state index in [-0.39, 0.29) is 18.5 Å². The van der Waals surface area contributed by atoms with E-state index in [4.69, 9.17) is 5.11 Å². The van der Waals surface area contributed by atoms with Crippen LogP contribution in [0.5, 0.6) is 0 Å². The zero-order valence-corrected chi connectivity index (χ0v) is 12.0. The number of hydrogen-bond acceptors (Lipinski definition) is 2. The van der Waals surface area contributed by atoms with E-state index < -0.39 is 11.5 Å². The minimum absolute atomic E-state index is 0.0185. The Balaban J connectivity index is 2.31. The summed E-state index contributed by atoms with van der Waals surface area (Å²) in [5, 5.41) is 14.6. The molecule has 0 bridgehead atoms. The van der Waals surface area contributed by atoms with Crippen LogP contribution in [0.2, 0.25) is 0 Å². The smallest absolute Gasteiger partial charge is 0.315 e. The van der Waals surface area contributed by atoms with Gasteiger partial charge in [0, 0.05) is 6.04 Å². The summed E-state index contributed by atoms with van der Waals surface area (Å²) in [5.74, 6) is -0.851. The van der Waals surface area contributed by atoms with Crippen molar-refractivity contribution in [1.82, 2.24) is 10.6 Å². The first kappa shape index (κ1) is 15.8. The highest BCUT2D eigenvalue weighted by Crippen LogP contribution is 2.34. The summed E-state index contributed by atoms with van der Waals surface area (Å²) in [5.41, 5.74) is -0.515. The van der Waals surface area contributed by atoms with E-state index >= 15 is 0 Å². The molecule has 110 valence electrons. The van der Waals surface area contributed by atoms with Crippen LogP contribution in [0.3, 0.4) is 0 Å². The van der Waals surface area contributed by atoms with Gasteiger partial charge in [-0.15, -0.1) is 0 Å². The van der Waals surface area contributed by atoms with Crippen LogP contribution in [0.4, 0.5) is 4.79 Å². The van der Waals surface area contributed by atoms with E-state index in [0.717, 1.165) is 32.1 Å². The fourth-order valence-corrected chi connectivity index (χ4v) is 2.51. The molecule has 1 aliphatic rings. The number of carbonyl (C=O) groups is 2. The number of hydrogen-bond donors (Lipinski definition) is 3. The van der Waals surface area contributed by atoms with Gasteiger partial charge in [0.25, 0.3) is 0 Å². The molecule has 19 heavy (non-hydrogen) atoms. The molecule has 2 amide bonds. The Bertz CT molecular complexity index is 314. The standard InChI is InChI=1S/C14H26N2O3/c1-3-4-5-7-11(2)15-13(19)16-14(8-6-9-14)10-12(17)18/h11H,3-10H2,1-2H3,(H,17,18)(H2,15,16,19). The molecule has 1 rings (SSSR count). The molecule has 0 aromatic rings. The lowest BCUT2D eigenvalue weighted by molar-refractivity contribution is -0.139. The number of carbonyl (C=O) groups excluding carboxylic acids is 1. The molecule has 1 atom stereocenters. The van der Waals surface area contributed by atoms with Crippen molar-refractivity contribution in [3.63, 3.8) is 0 Å². The molecule has 0 spiro atoms. The zero-order chi connectivity index (χ0) is 14.3. The summed E-state index contributed by atoms with van der Waals surface area (Å²) in [4.78, 5) is 22.7. The molecular formula is C14H26N2O3. The Morgan fingerprint density at radius 1 is 1.32 bits per heavy atom. The highest BCUT2D eigenvalue weighted by atomic mass is 16.4. The quantitative estimate of drug-likeness (QED) is 0.593. The molecule has 0 aliphatic heterocycles. The minimum Gasteiger partial charge on any atom is -0.481 e. The van der Waals surface area contributed by atoms with E-state index in [1.165, 1.54) is 12.8 Å². The van der Waals surface area contributed by atoms with E-state index in [1.807, 2.05) is 6.92 Å². The van der Waals surface area contributed by atoms with Gasteiger partial charge in [-0.1, -0.05) is 26.2 Å². The van der Waals surface area contributed by atoms with Gasteiger partial charge in [-0.3, -0.25) is 4.79 Å². The van der Waals surface area contributed by atoms with Gasteiger partial charge in [-0.05, 0) is 32.6 Å². The summed E-state index contributed by atoms with van der Waals surface area (Å²) < 4.78 is 0. The Kier molecular flexibility index (Phi) is 6.12. The second-order valence-electron chi connectivity index (χ2n) is 5.70. The first-order valence-electron chi connectivity index (χ1n) is 7.28. The minimum atomic E-state index is -0.851. The maximum absolute atomic E-state index is 11.9. The number of nitrogens with one attached hydrogen (secondary N) is 2. The number of aliphatic carboxylic acids is 1. The van der Waals surface area contributed by atoms with Crippen molar-refractivity contribution in [2.24, 2.45) is 0 Å². The van der Waals surface area contributed by atoms with Gasteiger partial charge in [-0.2, -0.15) is 0 Å². The molecular weight excluding hydrogens is 244 g/mol. The van der Waals surface area contributed by atoms with Gasteiger partial charge in [0.1, 0.15) is 0 Å². The SMILES string of the molecule is CCCCCC(C)NC(=O)NC1(CC(=O)O)CCC1. The van der Waals surface area contributed by atoms with Crippen molar-refractivity contribution in [3.05, 3.63) is 0 Å². The van der Waals surface area contributed by atoms with Crippen molar-refractivity contribution >= 4 is 12.0 Å². The van der Waals surface area contributed by atoms with Crippen LogP contribution < -0.4 is 10.6 Å². The van der Waals surface area contributed by atoms with Gasteiger partial charge in [-0.25, -0.2) is 4.79 Å². The molecule has 0 radical (unpaired) electrons. The number of unbranched alkanes of at least 4 members (excludes halogenated alkanes) is 2. The van der Waals surface area contributed by atoms with Gasteiger partial charge in [0.2, 0.25) is 0 Å². The molecule has 3 N–H and O–H groups in total. The molecule has 1 aliphatic carbocycles. The predicted molar refractivity (Wildman–Crippen MR) is 74.1 cm³/mol. The predicted octanol–water partition coefficient (Wildman–Crippen LogP) is 2.65. The second kappa shape index (κ2) is 7.36. The summed E-state index contributed by atoms with van der Waals surface area (Å²) >= 11 is 0. The second-order valence-corrected chi connectivity index (χ2v) is 5.70. The monoisotopic (exact) mass is 270 g/mol.